The van der Waals surface area contributed by atoms with E-state index in [1.807, 2.05) is 42.9 Å². The quantitative estimate of drug-likeness (QED) is 0.940. The van der Waals surface area contributed by atoms with Gasteiger partial charge < -0.3 is 24.3 Å². The molecule has 1 aromatic carbocycles. The first kappa shape index (κ1) is 13.9. The third kappa shape index (κ3) is 2.58. The van der Waals surface area contributed by atoms with Crippen LogP contribution in [0.2, 0.25) is 5.02 Å². The molecule has 21 heavy (non-hydrogen) atoms. The molecule has 0 aliphatic carbocycles. The molecule has 1 aliphatic rings. The van der Waals surface area contributed by atoms with Gasteiger partial charge in [0, 0.05) is 33.3 Å². The van der Waals surface area contributed by atoms with Crippen LogP contribution in [-0.2, 0) is 13.6 Å². The van der Waals surface area contributed by atoms with Gasteiger partial charge in [-0.15, -0.1) is 0 Å². The van der Waals surface area contributed by atoms with Crippen molar-refractivity contribution in [3.63, 3.8) is 0 Å². The highest BCUT2D eigenvalue weighted by Crippen LogP contribution is 2.39. The Morgan fingerprint density at radius 2 is 2.05 bits per heavy atom. The molecular formula is C14H17ClN4O2. The Labute approximate surface area is 128 Å². The van der Waals surface area contributed by atoms with E-state index in [9.17, 15) is 0 Å². The predicted molar refractivity (Wildman–Crippen MR) is 82.4 cm³/mol. The minimum Gasteiger partial charge on any atom is -0.454 e. The maximum Gasteiger partial charge on any atom is 0.231 e. The standard InChI is InChI=1S/C14H17ClN4O2/c1-18(2)14-17-7-9(19(14)3)6-16-11-5-13-12(4-10(11)15)20-8-21-13/h4-5,7,16H,6,8H2,1-3H3. The fourth-order valence-electron chi connectivity index (χ4n) is 2.25. The molecule has 0 radical (unpaired) electrons. The normalized spacial score (nSPS) is 12.6. The Balaban J connectivity index is 1.76. The maximum atomic E-state index is 6.24. The van der Waals surface area contributed by atoms with Crippen LogP contribution in [0.4, 0.5) is 11.6 Å². The van der Waals surface area contributed by atoms with E-state index in [1.54, 1.807) is 6.07 Å². The van der Waals surface area contributed by atoms with Gasteiger partial charge in [-0.3, -0.25) is 0 Å². The van der Waals surface area contributed by atoms with Crippen molar-refractivity contribution < 1.29 is 9.47 Å². The number of hydrogen-bond donors (Lipinski definition) is 1. The van der Waals surface area contributed by atoms with Crippen LogP contribution in [0.5, 0.6) is 11.5 Å². The molecular weight excluding hydrogens is 292 g/mol. The number of halogens is 1. The summed E-state index contributed by atoms with van der Waals surface area (Å²) < 4.78 is 12.7. The molecule has 0 atom stereocenters. The minimum absolute atomic E-state index is 0.239. The third-order valence-corrected chi connectivity index (χ3v) is 3.69. The minimum atomic E-state index is 0.239. The molecule has 1 aliphatic heterocycles. The monoisotopic (exact) mass is 308 g/mol. The van der Waals surface area contributed by atoms with Crippen molar-refractivity contribution in [2.45, 2.75) is 6.54 Å². The van der Waals surface area contributed by atoms with Crippen molar-refractivity contribution in [1.82, 2.24) is 9.55 Å². The molecule has 0 saturated heterocycles. The summed E-state index contributed by atoms with van der Waals surface area (Å²) in [7, 11) is 5.92. The van der Waals surface area contributed by atoms with E-state index in [0.717, 1.165) is 17.3 Å². The molecule has 0 unspecified atom stereocenters. The SMILES string of the molecule is CN(C)c1ncc(CNc2cc3c(cc2Cl)OCO3)n1C. The number of fused-ring (bicyclic) bond motifs is 1. The van der Waals surface area contributed by atoms with Crippen LogP contribution >= 0.6 is 11.6 Å². The van der Waals surface area contributed by atoms with Gasteiger partial charge in [-0.05, 0) is 0 Å². The van der Waals surface area contributed by atoms with Crippen LogP contribution in [0.3, 0.4) is 0 Å². The average molecular weight is 309 g/mol. The van der Waals surface area contributed by atoms with Gasteiger partial charge in [0.1, 0.15) is 0 Å². The number of nitrogens with zero attached hydrogens (tertiary/aromatic N) is 3. The van der Waals surface area contributed by atoms with Crippen LogP contribution < -0.4 is 19.7 Å². The molecule has 6 nitrogen and oxygen atoms in total. The van der Waals surface area contributed by atoms with Crippen LogP contribution in [0, 0.1) is 0 Å². The molecule has 0 fully saturated rings. The highest BCUT2D eigenvalue weighted by Gasteiger charge is 2.17. The fourth-order valence-corrected chi connectivity index (χ4v) is 2.47. The lowest BCUT2D eigenvalue weighted by molar-refractivity contribution is 0.174. The Morgan fingerprint density at radius 1 is 1.33 bits per heavy atom. The number of anilines is 2. The van der Waals surface area contributed by atoms with E-state index in [4.69, 9.17) is 21.1 Å². The molecule has 0 spiro atoms. The van der Waals surface area contributed by atoms with Gasteiger partial charge in [0.25, 0.3) is 0 Å². The van der Waals surface area contributed by atoms with E-state index < -0.39 is 0 Å². The van der Waals surface area contributed by atoms with Crippen LogP contribution in [0.25, 0.3) is 0 Å². The first-order valence-corrected chi connectivity index (χ1v) is 6.95. The van der Waals surface area contributed by atoms with Crippen molar-refractivity contribution in [3.05, 3.63) is 29.0 Å². The molecule has 0 amide bonds. The van der Waals surface area contributed by atoms with E-state index in [-0.39, 0.29) is 6.79 Å². The van der Waals surface area contributed by atoms with E-state index in [1.165, 1.54) is 0 Å². The molecule has 0 bridgehead atoms. The van der Waals surface area contributed by atoms with Gasteiger partial charge in [0.05, 0.1) is 29.1 Å². The smallest absolute Gasteiger partial charge is 0.231 e. The van der Waals surface area contributed by atoms with E-state index >= 15 is 0 Å². The summed E-state index contributed by atoms with van der Waals surface area (Å²) in [5.74, 6) is 2.30. The van der Waals surface area contributed by atoms with Crippen LogP contribution in [0.1, 0.15) is 5.69 Å². The zero-order valence-electron chi connectivity index (χ0n) is 12.2. The predicted octanol–water partition coefficient (Wildman–Crippen LogP) is 2.48. The Hall–Kier alpha value is -2.08. The second-order valence-corrected chi connectivity index (χ2v) is 5.45. The molecule has 1 aromatic heterocycles. The van der Waals surface area contributed by atoms with Crippen molar-refractivity contribution in [2.24, 2.45) is 7.05 Å². The van der Waals surface area contributed by atoms with Crippen LogP contribution in [0.15, 0.2) is 18.3 Å². The lowest BCUT2D eigenvalue weighted by Crippen LogP contribution is -2.15. The van der Waals surface area contributed by atoms with Gasteiger partial charge in [0.2, 0.25) is 12.7 Å². The summed E-state index contributed by atoms with van der Waals surface area (Å²) >= 11 is 6.24. The summed E-state index contributed by atoms with van der Waals surface area (Å²) in [5, 5.41) is 3.91. The summed E-state index contributed by atoms with van der Waals surface area (Å²) in [6, 6.07) is 3.62. The Morgan fingerprint density at radius 3 is 2.71 bits per heavy atom. The number of ether oxygens (including phenoxy) is 2. The lowest BCUT2D eigenvalue weighted by atomic mass is 10.2. The number of rotatable bonds is 4. The maximum absolute atomic E-state index is 6.24. The van der Waals surface area contributed by atoms with Crippen LogP contribution in [-0.4, -0.2) is 30.4 Å². The molecule has 2 aromatic rings. The second kappa shape index (κ2) is 5.37. The summed E-state index contributed by atoms with van der Waals surface area (Å²) in [6.45, 7) is 0.861. The number of nitrogens with one attached hydrogen (secondary N) is 1. The lowest BCUT2D eigenvalue weighted by Gasteiger charge is -2.13. The Kier molecular flexibility index (Phi) is 3.55. The Bertz CT molecular complexity index is 669. The molecule has 1 N–H and O–H groups in total. The second-order valence-electron chi connectivity index (χ2n) is 5.04. The van der Waals surface area contributed by atoms with E-state index in [2.05, 4.69) is 10.3 Å². The highest BCUT2D eigenvalue weighted by molar-refractivity contribution is 6.33. The molecule has 2 heterocycles. The van der Waals surface area contributed by atoms with Crippen molar-refractivity contribution in [2.75, 3.05) is 31.1 Å². The molecule has 3 rings (SSSR count). The summed E-state index contributed by atoms with van der Waals surface area (Å²) in [5.41, 5.74) is 1.88. The van der Waals surface area contributed by atoms with Crippen molar-refractivity contribution >= 4 is 23.2 Å². The average Bonchev–Trinajstić information content (AvgIpc) is 3.02. The van der Waals surface area contributed by atoms with Gasteiger partial charge in [-0.1, -0.05) is 11.6 Å². The summed E-state index contributed by atoms with van der Waals surface area (Å²) in [4.78, 5) is 6.35. The topological polar surface area (TPSA) is 51.6 Å². The number of benzene rings is 1. The number of aromatic nitrogens is 2. The third-order valence-electron chi connectivity index (χ3n) is 3.38. The zero-order chi connectivity index (χ0) is 15.0. The van der Waals surface area contributed by atoms with E-state index in [0.29, 0.717) is 23.1 Å². The number of hydrogen-bond acceptors (Lipinski definition) is 5. The fraction of sp³-hybridized carbons (Fsp3) is 0.357. The van der Waals surface area contributed by atoms with Gasteiger partial charge in [0.15, 0.2) is 11.5 Å². The first-order chi connectivity index (χ1) is 10.1. The number of imidazole rings is 1. The zero-order valence-corrected chi connectivity index (χ0v) is 12.9. The largest absolute Gasteiger partial charge is 0.454 e. The van der Waals surface area contributed by atoms with Crippen molar-refractivity contribution in [1.29, 1.82) is 0 Å². The van der Waals surface area contributed by atoms with Gasteiger partial charge >= 0.3 is 0 Å². The van der Waals surface area contributed by atoms with Gasteiger partial charge in [-0.25, -0.2) is 4.98 Å². The van der Waals surface area contributed by atoms with Gasteiger partial charge in [-0.2, -0.15) is 0 Å². The highest BCUT2D eigenvalue weighted by atomic mass is 35.5. The van der Waals surface area contributed by atoms with Crippen molar-refractivity contribution in [3.8, 4) is 11.5 Å². The molecule has 7 heteroatoms. The molecule has 112 valence electrons. The molecule has 0 saturated carbocycles. The first-order valence-electron chi connectivity index (χ1n) is 6.57. The summed E-state index contributed by atoms with van der Waals surface area (Å²) in [6.07, 6.45) is 1.85.